The Morgan fingerprint density at radius 2 is 1.93 bits per heavy atom. The minimum absolute atomic E-state index is 0.117. The summed E-state index contributed by atoms with van der Waals surface area (Å²) in [5.41, 5.74) is 0.371. The monoisotopic (exact) mass is 417 g/mol. The summed E-state index contributed by atoms with van der Waals surface area (Å²) >= 11 is 7.43. The van der Waals surface area contributed by atoms with E-state index in [1.807, 2.05) is 19.1 Å². The molecule has 28 heavy (non-hydrogen) atoms. The molecule has 3 aromatic rings. The molecule has 0 aliphatic carbocycles. The maximum atomic E-state index is 12.5. The Morgan fingerprint density at radius 3 is 2.61 bits per heavy atom. The maximum absolute atomic E-state index is 12.5. The summed E-state index contributed by atoms with van der Waals surface area (Å²) in [4.78, 5) is 28.2. The molecule has 1 aromatic carbocycles. The van der Waals surface area contributed by atoms with Crippen LogP contribution in [0.3, 0.4) is 0 Å². The van der Waals surface area contributed by atoms with Crippen molar-refractivity contribution in [1.29, 1.82) is 0 Å². The van der Waals surface area contributed by atoms with Crippen LogP contribution in [0.25, 0.3) is 10.6 Å². The predicted molar refractivity (Wildman–Crippen MR) is 111 cm³/mol. The quantitative estimate of drug-likeness (QED) is 0.590. The highest BCUT2D eigenvalue weighted by atomic mass is 35.5. The second kappa shape index (κ2) is 9.03. The number of hydrogen-bond acceptors (Lipinski definition) is 5. The summed E-state index contributed by atoms with van der Waals surface area (Å²) in [7, 11) is 1.67. The molecule has 2 aromatic heterocycles. The summed E-state index contributed by atoms with van der Waals surface area (Å²) in [5, 5.41) is 4.97. The van der Waals surface area contributed by atoms with E-state index in [4.69, 9.17) is 16.3 Å². The van der Waals surface area contributed by atoms with Crippen LogP contribution < -0.4 is 10.3 Å². The van der Waals surface area contributed by atoms with Crippen LogP contribution in [0.15, 0.2) is 53.3 Å². The first kappa shape index (κ1) is 20.1. The van der Waals surface area contributed by atoms with E-state index in [-0.39, 0.29) is 18.0 Å². The Bertz CT molecular complexity index is 1010. The molecule has 0 spiro atoms. The molecular weight excluding hydrogens is 398 g/mol. The minimum Gasteiger partial charge on any atom is -0.492 e. The average Bonchev–Trinajstić information content (AvgIpc) is 3.11. The summed E-state index contributed by atoms with van der Waals surface area (Å²) < 4.78 is 6.80. The van der Waals surface area contributed by atoms with Gasteiger partial charge in [0, 0.05) is 23.0 Å². The van der Waals surface area contributed by atoms with Crippen molar-refractivity contribution in [3.8, 4) is 16.3 Å². The van der Waals surface area contributed by atoms with E-state index >= 15 is 0 Å². The number of ether oxygens (including phenoxy) is 1. The van der Waals surface area contributed by atoms with E-state index in [0.717, 1.165) is 9.75 Å². The SMILES string of the molecule is Cc1ccc(-c2ccc(=O)n(CC(=O)N(C)CCOc3ccc(Cl)cc3)n2)s1. The number of nitrogens with zero attached hydrogens (tertiary/aromatic N) is 3. The van der Waals surface area contributed by atoms with Gasteiger partial charge in [0.15, 0.2) is 0 Å². The molecule has 6 nitrogen and oxygen atoms in total. The molecule has 0 atom stereocenters. The molecule has 1 amide bonds. The summed E-state index contributed by atoms with van der Waals surface area (Å²) in [5.74, 6) is 0.468. The number of amides is 1. The molecule has 0 bridgehead atoms. The zero-order chi connectivity index (χ0) is 20.1. The molecule has 0 radical (unpaired) electrons. The van der Waals surface area contributed by atoms with E-state index in [9.17, 15) is 9.59 Å². The zero-order valence-electron chi connectivity index (χ0n) is 15.6. The fourth-order valence-corrected chi connectivity index (χ4v) is 3.43. The molecule has 0 aliphatic rings. The van der Waals surface area contributed by atoms with Gasteiger partial charge in [-0.3, -0.25) is 9.59 Å². The Kier molecular flexibility index (Phi) is 6.49. The van der Waals surface area contributed by atoms with Gasteiger partial charge >= 0.3 is 0 Å². The fourth-order valence-electron chi connectivity index (χ4n) is 2.47. The highest BCUT2D eigenvalue weighted by Crippen LogP contribution is 2.25. The van der Waals surface area contributed by atoms with Crippen LogP contribution in [0.2, 0.25) is 5.02 Å². The molecule has 0 saturated heterocycles. The van der Waals surface area contributed by atoms with Gasteiger partial charge in [-0.25, -0.2) is 4.68 Å². The van der Waals surface area contributed by atoms with Gasteiger partial charge in [-0.1, -0.05) is 11.6 Å². The molecular formula is C20H20ClN3O3S. The second-order valence-electron chi connectivity index (χ2n) is 6.24. The normalized spacial score (nSPS) is 10.7. The molecule has 3 rings (SSSR count). The summed E-state index contributed by atoms with van der Waals surface area (Å²) in [6.07, 6.45) is 0. The van der Waals surface area contributed by atoms with Crippen LogP contribution in [0.1, 0.15) is 4.88 Å². The lowest BCUT2D eigenvalue weighted by molar-refractivity contribution is -0.131. The third-order valence-electron chi connectivity index (χ3n) is 4.08. The Hall–Kier alpha value is -2.64. The van der Waals surface area contributed by atoms with Crippen molar-refractivity contribution in [1.82, 2.24) is 14.7 Å². The van der Waals surface area contributed by atoms with Crippen LogP contribution in [0.5, 0.6) is 5.75 Å². The highest BCUT2D eigenvalue weighted by molar-refractivity contribution is 7.15. The van der Waals surface area contributed by atoms with Crippen molar-refractivity contribution in [3.05, 3.63) is 68.8 Å². The molecule has 0 saturated carbocycles. The Balaban J connectivity index is 1.58. The van der Waals surface area contributed by atoms with Crippen LogP contribution in [-0.2, 0) is 11.3 Å². The smallest absolute Gasteiger partial charge is 0.267 e. The van der Waals surface area contributed by atoms with E-state index in [2.05, 4.69) is 5.10 Å². The van der Waals surface area contributed by atoms with Crippen LogP contribution in [0.4, 0.5) is 0 Å². The number of carbonyl (C=O) groups excluding carboxylic acids is 1. The van der Waals surface area contributed by atoms with Crippen molar-refractivity contribution < 1.29 is 9.53 Å². The number of aromatic nitrogens is 2. The van der Waals surface area contributed by atoms with Crippen molar-refractivity contribution in [2.75, 3.05) is 20.2 Å². The number of aryl methyl sites for hydroxylation is 1. The predicted octanol–water partition coefficient (Wildman–Crippen LogP) is 3.47. The molecule has 2 heterocycles. The van der Waals surface area contributed by atoms with Gasteiger partial charge in [0.1, 0.15) is 24.6 Å². The van der Waals surface area contributed by atoms with E-state index in [1.165, 1.54) is 15.6 Å². The number of likely N-dealkylation sites (N-methyl/N-ethyl adjacent to an activating group) is 1. The molecule has 146 valence electrons. The van der Waals surface area contributed by atoms with Gasteiger partial charge in [0.2, 0.25) is 5.91 Å². The maximum Gasteiger partial charge on any atom is 0.267 e. The lowest BCUT2D eigenvalue weighted by Crippen LogP contribution is -2.37. The van der Waals surface area contributed by atoms with Crippen LogP contribution in [-0.4, -0.2) is 40.8 Å². The first-order valence-corrected chi connectivity index (χ1v) is 9.89. The molecule has 0 N–H and O–H groups in total. The Morgan fingerprint density at radius 1 is 1.18 bits per heavy atom. The van der Waals surface area contributed by atoms with E-state index < -0.39 is 0 Å². The lowest BCUT2D eigenvalue weighted by atomic mass is 10.3. The van der Waals surface area contributed by atoms with Gasteiger partial charge in [-0.15, -0.1) is 11.3 Å². The third-order valence-corrected chi connectivity index (χ3v) is 5.35. The number of halogens is 1. The average molecular weight is 418 g/mol. The largest absolute Gasteiger partial charge is 0.492 e. The molecule has 0 fully saturated rings. The van der Waals surface area contributed by atoms with Gasteiger partial charge in [-0.05, 0) is 49.4 Å². The number of carbonyl (C=O) groups is 1. The highest BCUT2D eigenvalue weighted by Gasteiger charge is 2.13. The standard InChI is InChI=1S/C20H20ClN3O3S/c1-14-3-9-18(28-14)17-8-10-19(25)24(22-17)13-20(26)23(2)11-12-27-16-6-4-15(21)5-7-16/h3-10H,11-13H2,1-2H3. The first-order chi connectivity index (χ1) is 13.4. The Labute approximate surface area is 171 Å². The molecule has 0 unspecified atom stereocenters. The van der Waals surface area contributed by atoms with E-state index in [0.29, 0.717) is 29.6 Å². The third kappa shape index (κ3) is 5.21. The number of benzene rings is 1. The molecule has 0 aliphatic heterocycles. The first-order valence-electron chi connectivity index (χ1n) is 8.70. The fraction of sp³-hybridized carbons (Fsp3) is 0.250. The number of hydrogen-bond donors (Lipinski definition) is 0. The second-order valence-corrected chi connectivity index (χ2v) is 7.97. The van der Waals surface area contributed by atoms with Crippen LogP contribution in [0, 0.1) is 6.92 Å². The molecule has 8 heteroatoms. The zero-order valence-corrected chi connectivity index (χ0v) is 17.2. The van der Waals surface area contributed by atoms with Crippen LogP contribution >= 0.6 is 22.9 Å². The van der Waals surface area contributed by atoms with Crippen molar-refractivity contribution in [2.45, 2.75) is 13.5 Å². The van der Waals surface area contributed by atoms with Crippen molar-refractivity contribution >= 4 is 28.8 Å². The number of rotatable bonds is 7. The van der Waals surface area contributed by atoms with Gasteiger partial charge in [0.05, 0.1) is 11.4 Å². The summed E-state index contributed by atoms with van der Waals surface area (Å²) in [6.45, 7) is 2.62. The van der Waals surface area contributed by atoms with Gasteiger partial charge in [-0.2, -0.15) is 5.10 Å². The van der Waals surface area contributed by atoms with Gasteiger partial charge < -0.3 is 9.64 Å². The van der Waals surface area contributed by atoms with E-state index in [1.54, 1.807) is 48.7 Å². The lowest BCUT2D eigenvalue weighted by Gasteiger charge is -2.18. The summed E-state index contributed by atoms with van der Waals surface area (Å²) in [6, 6.07) is 14.1. The number of thiophene rings is 1. The topological polar surface area (TPSA) is 64.4 Å². The van der Waals surface area contributed by atoms with Crippen molar-refractivity contribution in [2.24, 2.45) is 0 Å². The van der Waals surface area contributed by atoms with Gasteiger partial charge in [0.25, 0.3) is 5.56 Å². The minimum atomic E-state index is -0.309. The van der Waals surface area contributed by atoms with Crippen molar-refractivity contribution in [3.63, 3.8) is 0 Å².